The van der Waals surface area contributed by atoms with Crippen LogP contribution in [-0.4, -0.2) is 43.1 Å². The second-order valence-electron chi connectivity index (χ2n) is 5.56. The Kier molecular flexibility index (Phi) is 3.54. The van der Waals surface area contributed by atoms with E-state index in [0.29, 0.717) is 16.2 Å². The van der Waals surface area contributed by atoms with E-state index in [0.717, 1.165) is 4.90 Å². The number of imide groups is 1. The zero-order valence-corrected chi connectivity index (χ0v) is 13.6. The Balaban J connectivity index is 1.62. The van der Waals surface area contributed by atoms with E-state index < -0.39 is 11.9 Å². The number of aromatic hydroxyl groups is 1. The fourth-order valence-corrected chi connectivity index (χ4v) is 2.87. The van der Waals surface area contributed by atoms with Gasteiger partial charge in [-0.2, -0.15) is 9.88 Å². The van der Waals surface area contributed by atoms with Crippen LogP contribution in [0.5, 0.6) is 5.75 Å². The fraction of sp³-hybridized carbons (Fsp3) is 0.125. The van der Waals surface area contributed by atoms with Gasteiger partial charge in [-0.25, -0.2) is 9.31 Å². The average Bonchev–Trinajstić information content (AvgIpc) is 3.11. The molecule has 0 aliphatic carbocycles. The molecule has 0 atom stereocenters. The molecule has 3 heterocycles. The number of nitrogens with zero attached hydrogens (tertiary/aromatic N) is 5. The highest BCUT2D eigenvalue weighted by Gasteiger charge is 2.39. The Bertz CT molecular complexity index is 969. The van der Waals surface area contributed by atoms with Crippen molar-refractivity contribution in [3.05, 3.63) is 53.2 Å². The second-order valence-corrected chi connectivity index (χ2v) is 5.99. The Hall–Kier alpha value is -3.13. The molecule has 1 aliphatic rings. The standard InChI is InChI=1S/C16H12ClN5O3/c17-11-4-5-12(23)10(7-11)8-20-9-14(24)22(16(20)25)15-18-13-3-1-2-6-21(13)19-15/h1-7,23H,8-9H2. The van der Waals surface area contributed by atoms with Gasteiger partial charge in [-0.1, -0.05) is 17.7 Å². The van der Waals surface area contributed by atoms with Crippen LogP contribution in [0, 0.1) is 0 Å². The summed E-state index contributed by atoms with van der Waals surface area (Å²) in [6.07, 6.45) is 1.68. The van der Waals surface area contributed by atoms with Crippen molar-refractivity contribution in [2.24, 2.45) is 0 Å². The van der Waals surface area contributed by atoms with Crippen molar-refractivity contribution in [2.75, 3.05) is 11.4 Å². The molecule has 1 aromatic carbocycles. The molecule has 1 aliphatic heterocycles. The first-order chi connectivity index (χ1) is 12.0. The topological polar surface area (TPSA) is 91.0 Å². The molecule has 126 valence electrons. The number of carbonyl (C=O) groups is 2. The third kappa shape index (κ3) is 2.66. The highest BCUT2D eigenvalue weighted by atomic mass is 35.5. The molecule has 0 saturated carbocycles. The van der Waals surface area contributed by atoms with E-state index in [9.17, 15) is 14.7 Å². The predicted molar refractivity (Wildman–Crippen MR) is 89.4 cm³/mol. The highest BCUT2D eigenvalue weighted by molar-refractivity contribution is 6.30. The molecule has 3 amide bonds. The number of rotatable bonds is 3. The molecule has 2 aromatic heterocycles. The first kappa shape index (κ1) is 15.4. The summed E-state index contributed by atoms with van der Waals surface area (Å²) in [6, 6.07) is 9.29. The van der Waals surface area contributed by atoms with Crippen LogP contribution >= 0.6 is 11.6 Å². The van der Waals surface area contributed by atoms with E-state index >= 15 is 0 Å². The van der Waals surface area contributed by atoms with E-state index in [1.807, 2.05) is 0 Å². The summed E-state index contributed by atoms with van der Waals surface area (Å²) in [5.41, 5.74) is 0.988. The van der Waals surface area contributed by atoms with Gasteiger partial charge in [-0.3, -0.25) is 4.79 Å². The number of hydrogen-bond donors (Lipinski definition) is 1. The minimum atomic E-state index is -0.541. The minimum Gasteiger partial charge on any atom is -0.508 e. The summed E-state index contributed by atoms with van der Waals surface area (Å²) in [6.45, 7) is -0.0683. The van der Waals surface area contributed by atoms with Crippen molar-refractivity contribution in [1.82, 2.24) is 19.5 Å². The van der Waals surface area contributed by atoms with Crippen molar-refractivity contribution >= 4 is 35.1 Å². The smallest absolute Gasteiger partial charge is 0.334 e. The predicted octanol–water partition coefficient (Wildman–Crippen LogP) is 2.06. The number of halogens is 1. The molecular weight excluding hydrogens is 346 g/mol. The summed E-state index contributed by atoms with van der Waals surface area (Å²) >= 11 is 5.92. The van der Waals surface area contributed by atoms with Gasteiger partial charge in [-0.05, 0) is 30.3 Å². The number of anilines is 1. The molecule has 25 heavy (non-hydrogen) atoms. The average molecular weight is 358 g/mol. The van der Waals surface area contributed by atoms with Crippen LogP contribution < -0.4 is 4.90 Å². The van der Waals surface area contributed by atoms with Gasteiger partial charge in [0.25, 0.3) is 11.9 Å². The molecular formula is C16H12ClN5O3. The van der Waals surface area contributed by atoms with Crippen LogP contribution in [0.1, 0.15) is 5.56 Å². The maximum absolute atomic E-state index is 12.6. The van der Waals surface area contributed by atoms with Crippen LogP contribution in [0.15, 0.2) is 42.6 Å². The normalized spacial score (nSPS) is 14.8. The molecule has 8 nitrogen and oxygen atoms in total. The molecule has 4 rings (SSSR count). The van der Waals surface area contributed by atoms with Crippen molar-refractivity contribution < 1.29 is 14.7 Å². The quantitative estimate of drug-likeness (QED) is 0.724. The van der Waals surface area contributed by atoms with Gasteiger partial charge in [-0.15, -0.1) is 5.10 Å². The number of aromatic nitrogens is 3. The lowest BCUT2D eigenvalue weighted by Gasteiger charge is -2.16. The van der Waals surface area contributed by atoms with E-state index in [2.05, 4.69) is 10.1 Å². The highest BCUT2D eigenvalue weighted by Crippen LogP contribution is 2.26. The van der Waals surface area contributed by atoms with Gasteiger partial charge in [0, 0.05) is 16.8 Å². The number of carbonyl (C=O) groups excluding carboxylic acids is 2. The maximum Gasteiger partial charge on any atom is 0.334 e. The lowest BCUT2D eigenvalue weighted by molar-refractivity contribution is -0.116. The van der Waals surface area contributed by atoms with Crippen molar-refractivity contribution in [1.29, 1.82) is 0 Å². The SMILES string of the molecule is O=C1CN(Cc2cc(Cl)ccc2O)C(=O)N1c1nc2ccccn2n1. The molecule has 0 spiro atoms. The summed E-state index contributed by atoms with van der Waals surface area (Å²) in [4.78, 5) is 31.4. The van der Waals surface area contributed by atoms with Gasteiger partial charge in [0.1, 0.15) is 12.3 Å². The summed E-state index contributed by atoms with van der Waals surface area (Å²) in [5.74, 6) is -0.393. The third-order valence-electron chi connectivity index (χ3n) is 3.87. The lowest BCUT2D eigenvalue weighted by atomic mass is 10.2. The van der Waals surface area contributed by atoms with Gasteiger partial charge >= 0.3 is 6.03 Å². The molecule has 0 radical (unpaired) electrons. The zero-order chi connectivity index (χ0) is 17.6. The number of benzene rings is 1. The monoisotopic (exact) mass is 357 g/mol. The summed E-state index contributed by atoms with van der Waals surface area (Å²) in [5, 5.41) is 14.5. The molecule has 1 N–H and O–H groups in total. The van der Waals surface area contributed by atoms with E-state index in [-0.39, 0.29) is 24.8 Å². The zero-order valence-electron chi connectivity index (χ0n) is 12.8. The van der Waals surface area contributed by atoms with E-state index in [1.165, 1.54) is 15.5 Å². The minimum absolute atomic E-state index is 0.00829. The third-order valence-corrected chi connectivity index (χ3v) is 4.11. The van der Waals surface area contributed by atoms with Crippen molar-refractivity contribution in [2.45, 2.75) is 6.54 Å². The number of hydrogen-bond acceptors (Lipinski definition) is 5. The number of amides is 3. The van der Waals surface area contributed by atoms with E-state index in [1.54, 1.807) is 36.5 Å². The fourth-order valence-electron chi connectivity index (χ4n) is 2.67. The number of fused-ring (bicyclic) bond motifs is 1. The summed E-state index contributed by atoms with van der Waals surface area (Å²) in [7, 11) is 0. The Labute approximate surface area is 146 Å². The van der Waals surface area contributed by atoms with Gasteiger partial charge < -0.3 is 10.0 Å². The largest absolute Gasteiger partial charge is 0.508 e. The Morgan fingerprint density at radius 2 is 2.04 bits per heavy atom. The van der Waals surface area contributed by atoms with Crippen LogP contribution in [-0.2, 0) is 11.3 Å². The van der Waals surface area contributed by atoms with E-state index in [4.69, 9.17) is 11.6 Å². The van der Waals surface area contributed by atoms with Crippen LogP contribution in [0.2, 0.25) is 5.02 Å². The van der Waals surface area contributed by atoms with Gasteiger partial charge in [0.2, 0.25) is 0 Å². The number of pyridine rings is 1. The lowest BCUT2D eigenvalue weighted by Crippen LogP contribution is -2.33. The van der Waals surface area contributed by atoms with Crippen molar-refractivity contribution in [3.63, 3.8) is 0 Å². The molecule has 1 saturated heterocycles. The second kappa shape index (κ2) is 5.75. The van der Waals surface area contributed by atoms with Crippen LogP contribution in [0.3, 0.4) is 0 Å². The molecule has 0 unspecified atom stereocenters. The maximum atomic E-state index is 12.6. The Morgan fingerprint density at radius 1 is 1.20 bits per heavy atom. The molecule has 0 bridgehead atoms. The van der Waals surface area contributed by atoms with Gasteiger partial charge in [0.15, 0.2) is 5.65 Å². The molecule has 1 fully saturated rings. The van der Waals surface area contributed by atoms with Gasteiger partial charge in [0.05, 0.1) is 6.54 Å². The molecule has 9 heteroatoms. The number of phenolic OH excluding ortho intramolecular Hbond substituents is 1. The molecule has 3 aromatic rings. The Morgan fingerprint density at radius 3 is 2.84 bits per heavy atom. The van der Waals surface area contributed by atoms with Crippen LogP contribution in [0.4, 0.5) is 10.7 Å². The first-order valence-electron chi connectivity index (χ1n) is 7.43. The number of phenols is 1. The summed E-state index contributed by atoms with van der Waals surface area (Å²) < 4.78 is 1.49. The number of urea groups is 1. The first-order valence-corrected chi connectivity index (χ1v) is 7.81. The van der Waals surface area contributed by atoms with Crippen LogP contribution in [0.25, 0.3) is 5.65 Å². The van der Waals surface area contributed by atoms with Crippen molar-refractivity contribution in [3.8, 4) is 5.75 Å².